The van der Waals surface area contributed by atoms with Crippen molar-refractivity contribution >= 4 is 17.3 Å². The van der Waals surface area contributed by atoms with E-state index in [0.29, 0.717) is 17.2 Å². The van der Waals surface area contributed by atoms with E-state index in [1.165, 1.54) is 11.6 Å². The number of imidazole rings is 1. The molecule has 3 rings (SSSR count). The van der Waals surface area contributed by atoms with Gasteiger partial charge in [0, 0.05) is 44.1 Å². The van der Waals surface area contributed by atoms with Gasteiger partial charge in [-0.2, -0.15) is 0 Å². The largest absolute Gasteiger partial charge is 0.362 e. The summed E-state index contributed by atoms with van der Waals surface area (Å²) in [5, 5.41) is 3.99. The Morgan fingerprint density at radius 3 is 2.64 bits per heavy atom. The number of nitrogens with one attached hydrogen (secondary N) is 1. The first-order chi connectivity index (χ1) is 13.7. The summed E-state index contributed by atoms with van der Waals surface area (Å²) in [6.45, 7) is 2.79. The predicted molar refractivity (Wildman–Crippen MR) is 114 cm³/mol. The van der Waals surface area contributed by atoms with Gasteiger partial charge in [-0.25, -0.2) is 9.37 Å². The molecule has 146 valence electrons. The fraction of sp³-hybridized carbons (Fsp3) is 0.273. The molecule has 6 heteroatoms. The fourth-order valence-electron chi connectivity index (χ4n) is 3.02. The summed E-state index contributed by atoms with van der Waals surface area (Å²) in [5.74, 6) is -0.200. The Morgan fingerprint density at radius 2 is 1.89 bits per heavy atom. The van der Waals surface area contributed by atoms with Crippen molar-refractivity contribution in [2.45, 2.75) is 25.9 Å². The summed E-state index contributed by atoms with van der Waals surface area (Å²) in [6, 6.07) is 17.2. The third kappa shape index (κ3) is 6.16. The van der Waals surface area contributed by atoms with Crippen LogP contribution < -0.4 is 5.32 Å². The maximum absolute atomic E-state index is 14.1. The second-order valence-electron chi connectivity index (χ2n) is 6.63. The molecule has 1 N–H and O–H groups in total. The average molecular weight is 397 g/mol. The van der Waals surface area contributed by atoms with Gasteiger partial charge >= 0.3 is 0 Å². The van der Waals surface area contributed by atoms with Crippen molar-refractivity contribution in [1.29, 1.82) is 0 Å². The van der Waals surface area contributed by atoms with E-state index in [-0.39, 0.29) is 5.82 Å². The number of aryl methyl sites for hydroxylation is 1. The van der Waals surface area contributed by atoms with Crippen LogP contribution in [0.25, 0.3) is 0 Å². The molecule has 0 saturated carbocycles. The highest BCUT2D eigenvalue weighted by Crippen LogP contribution is 2.11. The number of halogens is 1. The lowest BCUT2D eigenvalue weighted by Gasteiger charge is -2.26. The van der Waals surface area contributed by atoms with Crippen LogP contribution in [0, 0.1) is 5.82 Å². The quantitative estimate of drug-likeness (QED) is 0.554. The molecule has 0 atom stereocenters. The summed E-state index contributed by atoms with van der Waals surface area (Å²) in [5.41, 5.74) is 1.91. The van der Waals surface area contributed by atoms with Gasteiger partial charge < -0.3 is 14.8 Å². The molecule has 2 aromatic carbocycles. The number of thiocarbonyl (C=S) groups is 1. The Kier molecular flexibility index (Phi) is 7.55. The first-order valence-corrected chi connectivity index (χ1v) is 9.89. The highest BCUT2D eigenvalue weighted by Gasteiger charge is 2.12. The molecule has 0 bridgehead atoms. The smallest absolute Gasteiger partial charge is 0.169 e. The van der Waals surface area contributed by atoms with Crippen molar-refractivity contribution in [2.24, 2.45) is 0 Å². The monoisotopic (exact) mass is 396 g/mol. The maximum atomic E-state index is 14.1. The number of hydrogen-bond acceptors (Lipinski definition) is 2. The van der Waals surface area contributed by atoms with Crippen LogP contribution in [0.5, 0.6) is 0 Å². The Bertz CT molecular complexity index is 852. The SMILES string of the molecule is Fc1ccccc1CN(CCCn1ccnc1)C(=S)NCCc1ccccc1. The summed E-state index contributed by atoms with van der Waals surface area (Å²) in [6.07, 6.45) is 7.30. The van der Waals surface area contributed by atoms with Gasteiger partial charge in [0.15, 0.2) is 5.11 Å². The Labute approximate surface area is 171 Å². The molecule has 0 unspecified atom stereocenters. The number of aromatic nitrogens is 2. The molecule has 0 aliphatic rings. The Hall–Kier alpha value is -2.73. The molecule has 0 fully saturated rings. The minimum Gasteiger partial charge on any atom is -0.362 e. The van der Waals surface area contributed by atoms with Crippen LogP contribution in [0.15, 0.2) is 73.3 Å². The number of nitrogens with zero attached hydrogens (tertiary/aromatic N) is 3. The van der Waals surface area contributed by atoms with Gasteiger partial charge in [-0.15, -0.1) is 0 Å². The second-order valence-corrected chi connectivity index (χ2v) is 7.02. The van der Waals surface area contributed by atoms with Crippen molar-refractivity contribution in [3.05, 3.63) is 90.3 Å². The minimum absolute atomic E-state index is 0.200. The van der Waals surface area contributed by atoms with Crippen molar-refractivity contribution in [3.63, 3.8) is 0 Å². The normalized spacial score (nSPS) is 10.6. The van der Waals surface area contributed by atoms with Gasteiger partial charge in [-0.1, -0.05) is 48.5 Å². The van der Waals surface area contributed by atoms with Crippen molar-refractivity contribution in [2.75, 3.05) is 13.1 Å². The molecule has 0 amide bonds. The molecule has 0 saturated heterocycles. The summed E-state index contributed by atoms with van der Waals surface area (Å²) in [7, 11) is 0. The van der Waals surface area contributed by atoms with Crippen LogP contribution in [0.4, 0.5) is 4.39 Å². The molecule has 1 heterocycles. The van der Waals surface area contributed by atoms with Crippen LogP contribution in [-0.2, 0) is 19.5 Å². The van der Waals surface area contributed by atoms with E-state index in [2.05, 4.69) is 22.4 Å². The van der Waals surface area contributed by atoms with Crippen molar-refractivity contribution in [1.82, 2.24) is 19.8 Å². The third-order valence-electron chi connectivity index (χ3n) is 4.54. The van der Waals surface area contributed by atoms with Gasteiger partial charge in [-0.3, -0.25) is 0 Å². The summed E-state index contributed by atoms with van der Waals surface area (Å²) in [4.78, 5) is 6.10. The lowest BCUT2D eigenvalue weighted by atomic mass is 10.1. The lowest BCUT2D eigenvalue weighted by Crippen LogP contribution is -2.41. The molecular formula is C22H25FN4S. The van der Waals surface area contributed by atoms with Crippen LogP contribution in [0.1, 0.15) is 17.5 Å². The minimum atomic E-state index is -0.200. The zero-order chi connectivity index (χ0) is 19.6. The van der Waals surface area contributed by atoms with Crippen molar-refractivity contribution in [3.8, 4) is 0 Å². The third-order valence-corrected chi connectivity index (χ3v) is 4.95. The van der Waals surface area contributed by atoms with E-state index in [1.54, 1.807) is 18.6 Å². The van der Waals surface area contributed by atoms with Gasteiger partial charge in [0.25, 0.3) is 0 Å². The Morgan fingerprint density at radius 1 is 1.11 bits per heavy atom. The second kappa shape index (κ2) is 10.6. The molecule has 28 heavy (non-hydrogen) atoms. The molecule has 0 aliphatic carbocycles. The highest BCUT2D eigenvalue weighted by atomic mass is 32.1. The zero-order valence-electron chi connectivity index (χ0n) is 15.8. The topological polar surface area (TPSA) is 33.1 Å². The van der Waals surface area contributed by atoms with E-state index >= 15 is 0 Å². The zero-order valence-corrected chi connectivity index (χ0v) is 16.6. The van der Waals surface area contributed by atoms with Crippen molar-refractivity contribution < 1.29 is 4.39 Å². The van der Waals surface area contributed by atoms with Gasteiger partial charge in [0.1, 0.15) is 5.82 Å². The fourth-order valence-corrected chi connectivity index (χ4v) is 3.28. The molecule has 0 radical (unpaired) electrons. The standard InChI is InChI=1S/C22H25FN4S/c23-21-10-5-4-9-20(21)17-27(15-6-14-26-16-13-24-18-26)22(28)25-12-11-19-7-2-1-3-8-19/h1-5,7-10,13,16,18H,6,11-12,14-15,17H2,(H,25,28). The van der Waals surface area contributed by atoms with E-state index < -0.39 is 0 Å². The summed E-state index contributed by atoms with van der Waals surface area (Å²) < 4.78 is 16.2. The Balaban J connectivity index is 1.57. The number of hydrogen-bond donors (Lipinski definition) is 1. The molecule has 4 nitrogen and oxygen atoms in total. The maximum Gasteiger partial charge on any atom is 0.169 e. The van der Waals surface area contributed by atoms with E-state index in [1.807, 2.05) is 46.0 Å². The summed E-state index contributed by atoms with van der Waals surface area (Å²) >= 11 is 5.62. The highest BCUT2D eigenvalue weighted by molar-refractivity contribution is 7.80. The first-order valence-electron chi connectivity index (χ1n) is 9.48. The van der Waals surface area contributed by atoms with Crippen LogP contribution in [-0.4, -0.2) is 32.7 Å². The van der Waals surface area contributed by atoms with E-state index in [0.717, 1.165) is 32.5 Å². The van der Waals surface area contributed by atoms with E-state index in [4.69, 9.17) is 12.2 Å². The van der Waals surface area contributed by atoms with Crippen LogP contribution in [0.2, 0.25) is 0 Å². The lowest BCUT2D eigenvalue weighted by molar-refractivity contribution is 0.378. The van der Waals surface area contributed by atoms with Crippen LogP contribution >= 0.6 is 12.2 Å². The first kappa shape index (κ1) is 20.0. The molecule has 0 spiro atoms. The number of rotatable bonds is 9. The number of benzene rings is 2. The molecular weight excluding hydrogens is 371 g/mol. The molecule has 0 aliphatic heterocycles. The van der Waals surface area contributed by atoms with E-state index in [9.17, 15) is 4.39 Å². The molecule has 1 aromatic heterocycles. The molecule has 3 aromatic rings. The van der Waals surface area contributed by atoms with Gasteiger partial charge in [0.2, 0.25) is 0 Å². The van der Waals surface area contributed by atoms with Gasteiger partial charge in [0.05, 0.1) is 6.33 Å². The van der Waals surface area contributed by atoms with Crippen LogP contribution in [0.3, 0.4) is 0 Å². The predicted octanol–water partition coefficient (Wildman–Crippen LogP) is 4.03. The van der Waals surface area contributed by atoms with Gasteiger partial charge in [-0.05, 0) is 36.7 Å². The average Bonchev–Trinajstić information content (AvgIpc) is 3.23.